The van der Waals surface area contributed by atoms with Crippen LogP contribution in [0.5, 0.6) is 11.5 Å². The largest absolute Gasteiger partial charge is 0.496 e. The van der Waals surface area contributed by atoms with Crippen LogP contribution in [-0.2, 0) is 10.2 Å². The van der Waals surface area contributed by atoms with E-state index in [2.05, 4.69) is 0 Å². The number of anilines is 1. The van der Waals surface area contributed by atoms with Gasteiger partial charge in [0.25, 0.3) is 0 Å². The molecule has 0 aromatic heterocycles. The fourth-order valence-corrected chi connectivity index (χ4v) is 2.63. The summed E-state index contributed by atoms with van der Waals surface area (Å²) >= 11 is 0. The zero-order valence-electron chi connectivity index (χ0n) is 12.4. The Hall–Kier alpha value is -1.91. The molecule has 0 unspecified atom stereocenters. The maximum atomic E-state index is 11.1. The van der Waals surface area contributed by atoms with Crippen molar-refractivity contribution in [2.75, 3.05) is 33.2 Å². The Morgan fingerprint density at radius 2 is 1.85 bits per heavy atom. The van der Waals surface area contributed by atoms with Crippen molar-refractivity contribution >= 4 is 11.7 Å². The lowest BCUT2D eigenvalue weighted by molar-refractivity contribution is -0.137. The van der Waals surface area contributed by atoms with Crippen molar-refractivity contribution in [2.24, 2.45) is 0 Å². The molecule has 1 saturated carbocycles. The lowest BCUT2D eigenvalue weighted by atomic mass is 9.91. The highest BCUT2D eigenvalue weighted by Crippen LogP contribution is 2.55. The molecule has 1 fully saturated rings. The lowest BCUT2D eigenvalue weighted by Crippen LogP contribution is -2.16. The molecule has 1 aliphatic rings. The molecule has 0 heterocycles. The number of methoxy groups -OCH3 is 2. The maximum absolute atomic E-state index is 11.1. The Morgan fingerprint density at radius 3 is 2.25 bits per heavy atom. The summed E-state index contributed by atoms with van der Waals surface area (Å²) in [5.74, 6) is 0.691. The van der Waals surface area contributed by atoms with Gasteiger partial charge >= 0.3 is 5.97 Å². The smallest absolute Gasteiger partial charge is 0.304 e. The van der Waals surface area contributed by atoms with Crippen LogP contribution in [0, 0.1) is 0 Å². The molecule has 110 valence electrons. The van der Waals surface area contributed by atoms with Crippen molar-refractivity contribution in [3.8, 4) is 11.5 Å². The minimum Gasteiger partial charge on any atom is -0.496 e. The number of carbonyl (C=O) groups is 1. The van der Waals surface area contributed by atoms with E-state index >= 15 is 0 Å². The monoisotopic (exact) mass is 279 g/mol. The number of nitrogens with zero attached hydrogens (tertiary/aromatic N) is 1. The summed E-state index contributed by atoms with van der Waals surface area (Å²) in [5.41, 5.74) is 1.55. The summed E-state index contributed by atoms with van der Waals surface area (Å²) in [6, 6.07) is 3.83. The molecular formula is C15H21NO4. The van der Waals surface area contributed by atoms with Crippen LogP contribution < -0.4 is 14.4 Å². The van der Waals surface area contributed by atoms with Gasteiger partial charge in [0.05, 0.1) is 26.3 Å². The molecule has 0 bridgehead atoms. The van der Waals surface area contributed by atoms with E-state index < -0.39 is 5.97 Å². The van der Waals surface area contributed by atoms with Gasteiger partial charge < -0.3 is 19.5 Å². The van der Waals surface area contributed by atoms with Crippen LogP contribution in [0.15, 0.2) is 12.1 Å². The Balaban J connectivity index is 2.50. The van der Waals surface area contributed by atoms with Gasteiger partial charge in [-0.25, -0.2) is 0 Å². The van der Waals surface area contributed by atoms with Gasteiger partial charge in [0, 0.05) is 31.1 Å². The second kappa shape index (κ2) is 5.23. The molecule has 1 N–H and O–H groups in total. The SMILES string of the molecule is COc1cc(C2(CC(=O)O)CC2)c(OC)cc1N(C)C. The van der Waals surface area contributed by atoms with E-state index in [9.17, 15) is 4.79 Å². The summed E-state index contributed by atoms with van der Waals surface area (Å²) in [7, 11) is 7.10. The van der Waals surface area contributed by atoms with Crippen molar-refractivity contribution in [3.05, 3.63) is 17.7 Å². The average Bonchev–Trinajstić information content (AvgIpc) is 3.16. The van der Waals surface area contributed by atoms with E-state index in [1.165, 1.54) is 0 Å². The molecule has 20 heavy (non-hydrogen) atoms. The van der Waals surface area contributed by atoms with Gasteiger partial charge in [-0.05, 0) is 18.9 Å². The van der Waals surface area contributed by atoms with Crippen molar-refractivity contribution in [1.29, 1.82) is 0 Å². The van der Waals surface area contributed by atoms with Gasteiger partial charge in [-0.1, -0.05) is 0 Å². The first-order valence-corrected chi connectivity index (χ1v) is 6.59. The third kappa shape index (κ3) is 2.53. The molecule has 1 aromatic rings. The van der Waals surface area contributed by atoms with Crippen LogP contribution in [0.25, 0.3) is 0 Å². The van der Waals surface area contributed by atoms with Gasteiger partial charge in [0.1, 0.15) is 11.5 Å². The molecule has 0 radical (unpaired) electrons. The number of ether oxygens (including phenoxy) is 2. The van der Waals surface area contributed by atoms with Gasteiger partial charge in [0.15, 0.2) is 0 Å². The number of hydrogen-bond donors (Lipinski definition) is 1. The quantitative estimate of drug-likeness (QED) is 0.865. The number of carboxylic acid groups (broad SMARTS) is 1. The molecule has 0 spiro atoms. The molecule has 0 aliphatic heterocycles. The normalized spacial score (nSPS) is 15.6. The van der Waals surface area contributed by atoms with E-state index in [0.717, 1.165) is 35.6 Å². The maximum Gasteiger partial charge on any atom is 0.304 e. The molecule has 5 nitrogen and oxygen atoms in total. The molecule has 2 rings (SSSR count). The standard InChI is InChI=1S/C15H21NO4/c1-16(2)11-8-12(19-3)10(7-13(11)20-4)15(5-6-15)9-14(17)18/h7-8H,5-6,9H2,1-4H3,(H,17,18). The lowest BCUT2D eigenvalue weighted by Gasteiger charge is -2.23. The summed E-state index contributed by atoms with van der Waals surface area (Å²) in [6.07, 6.45) is 1.88. The summed E-state index contributed by atoms with van der Waals surface area (Å²) in [6.45, 7) is 0. The third-order valence-electron chi connectivity index (χ3n) is 3.90. The van der Waals surface area contributed by atoms with Crippen LogP contribution in [0.4, 0.5) is 5.69 Å². The van der Waals surface area contributed by atoms with Gasteiger partial charge in [-0.15, -0.1) is 0 Å². The number of benzene rings is 1. The van der Waals surface area contributed by atoms with Crippen LogP contribution in [0.1, 0.15) is 24.8 Å². The van der Waals surface area contributed by atoms with Crippen LogP contribution in [0.3, 0.4) is 0 Å². The molecule has 5 heteroatoms. The Kier molecular flexibility index (Phi) is 3.79. The minimum atomic E-state index is -0.778. The van der Waals surface area contributed by atoms with E-state index in [4.69, 9.17) is 14.6 Å². The van der Waals surface area contributed by atoms with E-state index in [1.54, 1.807) is 14.2 Å². The number of rotatable bonds is 6. The fraction of sp³-hybridized carbons (Fsp3) is 0.533. The van der Waals surface area contributed by atoms with E-state index in [1.807, 2.05) is 31.1 Å². The predicted molar refractivity (Wildman–Crippen MR) is 77.0 cm³/mol. The second-order valence-electron chi connectivity index (χ2n) is 5.47. The molecular weight excluding hydrogens is 258 g/mol. The van der Waals surface area contributed by atoms with Gasteiger partial charge in [-0.3, -0.25) is 4.79 Å². The number of hydrogen-bond acceptors (Lipinski definition) is 4. The van der Waals surface area contributed by atoms with Gasteiger partial charge in [0.2, 0.25) is 0 Å². The molecule has 1 aliphatic carbocycles. The third-order valence-corrected chi connectivity index (χ3v) is 3.90. The highest BCUT2D eigenvalue weighted by molar-refractivity contribution is 5.72. The zero-order chi connectivity index (χ0) is 14.9. The van der Waals surface area contributed by atoms with Crippen molar-refractivity contribution < 1.29 is 19.4 Å². The number of aliphatic carboxylic acids is 1. The van der Waals surface area contributed by atoms with E-state index in [-0.39, 0.29) is 11.8 Å². The molecule has 1 aromatic carbocycles. The van der Waals surface area contributed by atoms with Crippen molar-refractivity contribution in [1.82, 2.24) is 0 Å². The first-order chi connectivity index (χ1) is 9.43. The number of carboxylic acids is 1. The second-order valence-corrected chi connectivity index (χ2v) is 5.47. The van der Waals surface area contributed by atoms with Crippen LogP contribution in [0.2, 0.25) is 0 Å². The average molecular weight is 279 g/mol. The zero-order valence-corrected chi connectivity index (χ0v) is 12.4. The van der Waals surface area contributed by atoms with Crippen LogP contribution >= 0.6 is 0 Å². The Labute approximate surface area is 119 Å². The summed E-state index contributed by atoms with van der Waals surface area (Å²) in [4.78, 5) is 13.0. The highest BCUT2D eigenvalue weighted by Gasteiger charge is 2.48. The van der Waals surface area contributed by atoms with Crippen molar-refractivity contribution in [3.63, 3.8) is 0 Å². The van der Waals surface area contributed by atoms with E-state index in [0.29, 0.717) is 0 Å². The first-order valence-electron chi connectivity index (χ1n) is 6.59. The first kappa shape index (κ1) is 14.5. The highest BCUT2D eigenvalue weighted by atomic mass is 16.5. The summed E-state index contributed by atoms with van der Waals surface area (Å²) < 4.78 is 10.9. The predicted octanol–water partition coefficient (Wildman–Crippen LogP) is 2.28. The Morgan fingerprint density at radius 1 is 1.25 bits per heavy atom. The summed E-state index contributed by atoms with van der Waals surface area (Å²) in [5, 5.41) is 9.10. The van der Waals surface area contributed by atoms with Gasteiger partial charge in [-0.2, -0.15) is 0 Å². The minimum absolute atomic E-state index is 0.133. The molecule has 0 saturated heterocycles. The molecule has 0 amide bonds. The van der Waals surface area contributed by atoms with Crippen LogP contribution in [-0.4, -0.2) is 39.4 Å². The van der Waals surface area contributed by atoms with Crippen molar-refractivity contribution in [2.45, 2.75) is 24.7 Å². The fourth-order valence-electron chi connectivity index (χ4n) is 2.63. The Bertz CT molecular complexity index is 521. The topological polar surface area (TPSA) is 59.0 Å². The molecule has 0 atom stereocenters.